The van der Waals surface area contributed by atoms with E-state index >= 15 is 8.78 Å². The highest BCUT2D eigenvalue weighted by Gasteiger charge is 2.33. The standard InChI is InChI=1S/C29H30F2N4O5S/c1-4-19-21(30)8-6-16-12-18(40-15-38-2)13-20(23(16)19)26-25(31)27-24-22(32-26)9-7-17-14-39-11-5-10-35(17)28(24)34-29(33-27)41(3,36)37/h6,8,12-13,17H,4-5,7,9-11,14-15H2,1-3H3. The van der Waals surface area contributed by atoms with E-state index in [-0.39, 0.29) is 24.0 Å². The fourth-order valence-corrected chi connectivity index (χ4v) is 6.33. The van der Waals surface area contributed by atoms with Gasteiger partial charge in [0.05, 0.1) is 23.7 Å². The highest BCUT2D eigenvalue weighted by molar-refractivity contribution is 7.90. The first-order chi connectivity index (χ1) is 19.7. The van der Waals surface area contributed by atoms with Gasteiger partial charge in [-0.25, -0.2) is 32.2 Å². The first-order valence-corrected chi connectivity index (χ1v) is 15.4. The predicted molar refractivity (Wildman–Crippen MR) is 150 cm³/mol. The molecule has 1 fully saturated rings. The molecule has 0 bridgehead atoms. The van der Waals surface area contributed by atoms with Gasteiger partial charge in [-0.15, -0.1) is 0 Å². The van der Waals surface area contributed by atoms with E-state index in [0.717, 1.165) is 6.26 Å². The third-order valence-corrected chi connectivity index (χ3v) is 8.52. The summed E-state index contributed by atoms with van der Waals surface area (Å²) in [6, 6.07) is 6.26. The van der Waals surface area contributed by atoms with Gasteiger partial charge in [0.25, 0.3) is 0 Å². The van der Waals surface area contributed by atoms with Crippen molar-refractivity contribution in [2.75, 3.05) is 44.8 Å². The van der Waals surface area contributed by atoms with E-state index in [1.807, 2.05) is 11.8 Å². The Hall–Kier alpha value is -3.48. The molecule has 4 heterocycles. The molecule has 2 aromatic carbocycles. The van der Waals surface area contributed by atoms with Gasteiger partial charge in [0.15, 0.2) is 12.6 Å². The molecule has 1 unspecified atom stereocenters. The van der Waals surface area contributed by atoms with Gasteiger partial charge in [-0.1, -0.05) is 13.0 Å². The summed E-state index contributed by atoms with van der Waals surface area (Å²) in [4.78, 5) is 15.5. The van der Waals surface area contributed by atoms with E-state index in [1.165, 1.54) is 13.2 Å². The van der Waals surface area contributed by atoms with Crippen LogP contribution in [0.4, 0.5) is 14.6 Å². The number of aromatic nitrogens is 3. The zero-order valence-electron chi connectivity index (χ0n) is 23.0. The van der Waals surface area contributed by atoms with Gasteiger partial charge >= 0.3 is 0 Å². The van der Waals surface area contributed by atoms with Crippen molar-refractivity contribution in [2.45, 2.75) is 43.8 Å². The second kappa shape index (κ2) is 10.7. The average molecular weight is 585 g/mol. The van der Waals surface area contributed by atoms with Gasteiger partial charge in [0.1, 0.15) is 28.6 Å². The quantitative estimate of drug-likeness (QED) is 0.237. The maximum atomic E-state index is 16.8. The summed E-state index contributed by atoms with van der Waals surface area (Å²) in [5.74, 6) is -0.485. The van der Waals surface area contributed by atoms with Crippen molar-refractivity contribution in [1.29, 1.82) is 0 Å². The van der Waals surface area contributed by atoms with Gasteiger partial charge < -0.3 is 19.1 Å². The number of aryl methyl sites for hydroxylation is 2. The number of pyridine rings is 1. The number of hydrogen-bond acceptors (Lipinski definition) is 9. The van der Waals surface area contributed by atoms with Crippen LogP contribution in [0.2, 0.25) is 0 Å². The number of benzene rings is 2. The number of fused-ring (bicyclic) bond motifs is 3. The molecular formula is C29H30F2N4O5S. The Morgan fingerprint density at radius 1 is 1.15 bits per heavy atom. The lowest BCUT2D eigenvalue weighted by Crippen LogP contribution is -2.38. The summed E-state index contributed by atoms with van der Waals surface area (Å²) < 4.78 is 73.8. The van der Waals surface area contributed by atoms with Gasteiger partial charge in [-0.2, -0.15) is 0 Å². The van der Waals surface area contributed by atoms with Crippen LogP contribution in [-0.4, -0.2) is 69.3 Å². The van der Waals surface area contributed by atoms with E-state index in [9.17, 15) is 8.42 Å². The van der Waals surface area contributed by atoms with Crippen LogP contribution < -0.4 is 9.64 Å². The fraction of sp³-hybridized carbons (Fsp3) is 0.414. The maximum Gasteiger partial charge on any atom is 0.249 e. The van der Waals surface area contributed by atoms with Crippen molar-refractivity contribution in [3.05, 3.63) is 47.2 Å². The van der Waals surface area contributed by atoms with Crippen LogP contribution in [0.1, 0.15) is 31.0 Å². The molecular weight excluding hydrogens is 554 g/mol. The lowest BCUT2D eigenvalue weighted by molar-refractivity contribution is 0.0512. The van der Waals surface area contributed by atoms with E-state index in [1.54, 1.807) is 18.2 Å². The van der Waals surface area contributed by atoms with Gasteiger partial charge in [-0.3, -0.25) is 0 Å². The Kier molecular flexibility index (Phi) is 7.25. The van der Waals surface area contributed by atoms with E-state index in [4.69, 9.17) is 19.2 Å². The second-order valence-electron chi connectivity index (χ2n) is 10.4. The molecule has 0 aliphatic carbocycles. The van der Waals surface area contributed by atoms with Crippen molar-refractivity contribution in [2.24, 2.45) is 0 Å². The van der Waals surface area contributed by atoms with Crippen molar-refractivity contribution in [3.63, 3.8) is 0 Å². The number of hydrogen-bond donors (Lipinski definition) is 0. The Balaban J connectivity index is 1.70. The topological polar surface area (TPSA) is 104 Å². The Labute approximate surface area is 236 Å². The average Bonchev–Trinajstić information content (AvgIpc) is 3.27. The molecule has 0 amide bonds. The van der Waals surface area contributed by atoms with Crippen molar-refractivity contribution in [3.8, 4) is 17.0 Å². The molecule has 0 N–H and O–H groups in total. The molecule has 12 heteroatoms. The van der Waals surface area contributed by atoms with Crippen molar-refractivity contribution in [1.82, 2.24) is 15.0 Å². The summed E-state index contributed by atoms with van der Waals surface area (Å²) in [6.45, 7) is 3.37. The Morgan fingerprint density at radius 2 is 1.98 bits per heavy atom. The number of rotatable bonds is 6. The molecule has 2 aliphatic heterocycles. The number of methoxy groups -OCH3 is 1. The van der Waals surface area contributed by atoms with Crippen molar-refractivity contribution >= 4 is 37.3 Å². The van der Waals surface area contributed by atoms with Crippen LogP contribution in [0.5, 0.6) is 5.75 Å². The molecule has 6 rings (SSSR count). The zero-order chi connectivity index (χ0) is 28.9. The van der Waals surface area contributed by atoms with Crippen LogP contribution in [0.25, 0.3) is 32.9 Å². The number of nitrogens with zero attached hydrogens (tertiary/aromatic N) is 4. The number of halogens is 2. The van der Waals surface area contributed by atoms with Crippen molar-refractivity contribution < 1.29 is 31.4 Å². The summed E-state index contributed by atoms with van der Waals surface area (Å²) in [7, 11) is -2.40. The van der Waals surface area contributed by atoms with Crippen LogP contribution in [0.3, 0.4) is 0 Å². The largest absolute Gasteiger partial charge is 0.468 e. The maximum absolute atomic E-state index is 16.8. The molecule has 1 atom stereocenters. The monoisotopic (exact) mass is 584 g/mol. The van der Waals surface area contributed by atoms with E-state index in [2.05, 4.69) is 9.97 Å². The zero-order valence-corrected chi connectivity index (χ0v) is 23.9. The molecule has 0 saturated carbocycles. The predicted octanol–water partition coefficient (Wildman–Crippen LogP) is 4.61. The summed E-state index contributed by atoms with van der Waals surface area (Å²) in [6.07, 6.45) is 3.19. The number of anilines is 1. The molecule has 9 nitrogen and oxygen atoms in total. The molecule has 1 saturated heterocycles. The Bertz CT molecular complexity index is 1780. The second-order valence-corrected chi connectivity index (χ2v) is 12.3. The lowest BCUT2D eigenvalue weighted by Gasteiger charge is -2.29. The van der Waals surface area contributed by atoms with E-state index in [0.29, 0.717) is 90.0 Å². The summed E-state index contributed by atoms with van der Waals surface area (Å²) in [5.41, 5.74) is 1.09. The highest BCUT2D eigenvalue weighted by atomic mass is 32.2. The van der Waals surface area contributed by atoms with Gasteiger partial charge in [0.2, 0.25) is 15.0 Å². The molecule has 2 aromatic heterocycles. The first-order valence-electron chi connectivity index (χ1n) is 13.5. The number of ether oxygens (including phenoxy) is 3. The molecule has 0 spiro atoms. The highest BCUT2D eigenvalue weighted by Crippen LogP contribution is 2.42. The van der Waals surface area contributed by atoms with Crippen LogP contribution in [0, 0.1) is 11.6 Å². The van der Waals surface area contributed by atoms with Gasteiger partial charge in [0, 0.05) is 32.1 Å². The smallest absolute Gasteiger partial charge is 0.249 e. The van der Waals surface area contributed by atoms with Crippen LogP contribution in [-0.2, 0) is 32.2 Å². The summed E-state index contributed by atoms with van der Waals surface area (Å²) >= 11 is 0. The SMILES string of the molecule is CCc1c(F)ccc2cc(OCOC)cc(-c3nc4c5c(nc(S(C)(=O)=O)nc5c3F)N3CCCOCC3CC4)c12. The lowest BCUT2D eigenvalue weighted by atomic mass is 9.94. The van der Waals surface area contributed by atoms with Crippen LogP contribution >= 0.6 is 0 Å². The molecule has 216 valence electrons. The Morgan fingerprint density at radius 3 is 2.73 bits per heavy atom. The molecule has 4 aromatic rings. The molecule has 0 radical (unpaired) electrons. The fourth-order valence-electron chi connectivity index (χ4n) is 5.82. The first kappa shape index (κ1) is 27.7. The minimum atomic E-state index is -3.89. The molecule has 2 aliphatic rings. The molecule has 41 heavy (non-hydrogen) atoms. The summed E-state index contributed by atoms with van der Waals surface area (Å²) in [5, 5.41) is 1.07. The third-order valence-electron chi connectivity index (χ3n) is 7.67. The van der Waals surface area contributed by atoms with Crippen LogP contribution in [0.15, 0.2) is 29.4 Å². The van der Waals surface area contributed by atoms with Gasteiger partial charge in [-0.05, 0) is 60.2 Å². The number of sulfone groups is 1. The van der Waals surface area contributed by atoms with E-state index < -0.39 is 26.6 Å². The normalized spacial score (nSPS) is 17.4. The third kappa shape index (κ3) is 4.87. The minimum Gasteiger partial charge on any atom is -0.468 e. The minimum absolute atomic E-state index is 0.0424.